The van der Waals surface area contributed by atoms with Crippen molar-refractivity contribution in [3.05, 3.63) is 11.6 Å². The number of unbranched alkanes of at least 4 members (excludes halogenated alkanes) is 7. The minimum absolute atomic E-state index is 1.27. The van der Waals surface area contributed by atoms with Crippen molar-refractivity contribution in [1.29, 1.82) is 0 Å². The Morgan fingerprint density at radius 3 is 2.00 bits per heavy atom. The Hall–Kier alpha value is -0.260. The molecule has 0 heteroatoms. The Labute approximate surface area is 97.2 Å². The van der Waals surface area contributed by atoms with E-state index in [1.54, 1.807) is 5.57 Å². The molecule has 15 heavy (non-hydrogen) atoms. The smallest absolute Gasteiger partial charge is 0.0323 e. The lowest BCUT2D eigenvalue weighted by Crippen LogP contribution is -1.82. The molecule has 0 heterocycles. The van der Waals surface area contributed by atoms with Crippen LogP contribution >= 0.6 is 0 Å². The average molecular weight is 210 g/mol. The van der Waals surface area contributed by atoms with Gasteiger partial charge < -0.3 is 0 Å². The number of hydrogen-bond acceptors (Lipinski definition) is 0. The van der Waals surface area contributed by atoms with Gasteiger partial charge in [-0.05, 0) is 26.2 Å². The van der Waals surface area contributed by atoms with Gasteiger partial charge in [0.2, 0.25) is 0 Å². The molecule has 0 aromatic rings. The molecule has 0 amide bonds. The summed E-state index contributed by atoms with van der Waals surface area (Å²) >= 11 is 0. The maximum Gasteiger partial charge on any atom is -0.0323 e. The lowest BCUT2D eigenvalue weighted by Gasteiger charge is -2.02. The molecule has 0 nitrogen and oxygen atoms in total. The van der Waals surface area contributed by atoms with Crippen LogP contribution in [0.1, 0.15) is 85.0 Å². The monoisotopic (exact) mass is 210 g/mol. The zero-order valence-corrected chi connectivity index (χ0v) is 11.1. The van der Waals surface area contributed by atoms with Gasteiger partial charge in [-0.2, -0.15) is 0 Å². The Balaban J connectivity index is 3.16. The zero-order valence-electron chi connectivity index (χ0n) is 11.1. The fourth-order valence-corrected chi connectivity index (χ4v) is 1.85. The van der Waals surface area contributed by atoms with Gasteiger partial charge in [0.15, 0.2) is 0 Å². The molecule has 0 bridgehead atoms. The summed E-state index contributed by atoms with van der Waals surface area (Å²) in [6, 6.07) is 0. The van der Waals surface area contributed by atoms with Crippen molar-refractivity contribution in [2.24, 2.45) is 0 Å². The summed E-state index contributed by atoms with van der Waals surface area (Å²) in [6.07, 6.45) is 16.3. The third-order valence-electron chi connectivity index (χ3n) is 2.96. The summed E-state index contributed by atoms with van der Waals surface area (Å²) in [5.41, 5.74) is 1.60. The fraction of sp³-hybridized carbons (Fsp3) is 0.867. The third-order valence-corrected chi connectivity index (χ3v) is 2.96. The molecule has 0 saturated carbocycles. The highest BCUT2D eigenvalue weighted by Gasteiger charge is 1.92. The van der Waals surface area contributed by atoms with Gasteiger partial charge in [0.05, 0.1) is 0 Å². The molecule has 0 aliphatic carbocycles. The van der Waals surface area contributed by atoms with Gasteiger partial charge in [-0.25, -0.2) is 0 Å². The van der Waals surface area contributed by atoms with Crippen molar-refractivity contribution in [3.63, 3.8) is 0 Å². The summed E-state index contributed by atoms with van der Waals surface area (Å²) in [6.45, 7) is 6.81. The Morgan fingerprint density at radius 2 is 1.40 bits per heavy atom. The SMILES string of the molecule is CCCC=C(C)CCCCCCCCC. The van der Waals surface area contributed by atoms with Crippen molar-refractivity contribution < 1.29 is 0 Å². The van der Waals surface area contributed by atoms with Crippen molar-refractivity contribution in [1.82, 2.24) is 0 Å². The molecule has 0 unspecified atom stereocenters. The van der Waals surface area contributed by atoms with E-state index in [0.717, 1.165) is 0 Å². The summed E-state index contributed by atoms with van der Waals surface area (Å²) in [5.74, 6) is 0. The summed E-state index contributed by atoms with van der Waals surface area (Å²) < 4.78 is 0. The van der Waals surface area contributed by atoms with Gasteiger partial charge >= 0.3 is 0 Å². The predicted octanol–water partition coefficient (Wildman–Crippen LogP) is 5.87. The molecule has 0 aromatic heterocycles. The Bertz CT molecular complexity index is 144. The summed E-state index contributed by atoms with van der Waals surface area (Å²) in [4.78, 5) is 0. The van der Waals surface area contributed by atoms with E-state index in [4.69, 9.17) is 0 Å². The van der Waals surface area contributed by atoms with E-state index in [1.807, 2.05) is 0 Å². The highest BCUT2D eigenvalue weighted by atomic mass is 14.0. The topological polar surface area (TPSA) is 0 Å². The first-order valence-electron chi connectivity index (χ1n) is 6.96. The first-order valence-corrected chi connectivity index (χ1v) is 6.96. The molecule has 0 aromatic carbocycles. The van der Waals surface area contributed by atoms with Crippen LogP contribution < -0.4 is 0 Å². The second kappa shape index (κ2) is 11.8. The lowest BCUT2D eigenvalue weighted by molar-refractivity contribution is 0.588. The van der Waals surface area contributed by atoms with E-state index in [2.05, 4.69) is 26.8 Å². The normalized spacial score (nSPS) is 12.1. The third kappa shape index (κ3) is 11.7. The highest BCUT2D eigenvalue weighted by molar-refractivity contribution is 4.97. The van der Waals surface area contributed by atoms with Crippen molar-refractivity contribution in [3.8, 4) is 0 Å². The lowest BCUT2D eigenvalue weighted by atomic mass is 10.0. The minimum Gasteiger partial charge on any atom is -0.0856 e. The first-order chi connectivity index (χ1) is 7.31. The van der Waals surface area contributed by atoms with Crippen molar-refractivity contribution in [2.45, 2.75) is 85.0 Å². The summed E-state index contributed by atoms with van der Waals surface area (Å²) in [5, 5.41) is 0. The van der Waals surface area contributed by atoms with Gasteiger partial charge in [-0.15, -0.1) is 0 Å². The molecular weight excluding hydrogens is 180 g/mol. The van der Waals surface area contributed by atoms with E-state index in [-0.39, 0.29) is 0 Å². The van der Waals surface area contributed by atoms with Crippen LogP contribution in [0.25, 0.3) is 0 Å². The second-order valence-corrected chi connectivity index (χ2v) is 4.71. The molecule has 0 N–H and O–H groups in total. The van der Waals surface area contributed by atoms with Crippen LogP contribution in [-0.2, 0) is 0 Å². The molecule has 0 atom stereocenters. The van der Waals surface area contributed by atoms with E-state index in [9.17, 15) is 0 Å². The van der Waals surface area contributed by atoms with E-state index in [1.165, 1.54) is 64.2 Å². The minimum atomic E-state index is 1.27. The largest absolute Gasteiger partial charge is 0.0856 e. The van der Waals surface area contributed by atoms with Crippen LogP contribution in [0, 0.1) is 0 Å². The molecule has 0 spiro atoms. The van der Waals surface area contributed by atoms with E-state index < -0.39 is 0 Å². The van der Waals surface area contributed by atoms with Crippen LogP contribution in [0.2, 0.25) is 0 Å². The van der Waals surface area contributed by atoms with Crippen molar-refractivity contribution in [2.75, 3.05) is 0 Å². The quantitative estimate of drug-likeness (QED) is 0.312. The van der Waals surface area contributed by atoms with Gasteiger partial charge in [0.25, 0.3) is 0 Å². The maximum atomic E-state index is 2.41. The van der Waals surface area contributed by atoms with Crippen LogP contribution in [0.4, 0.5) is 0 Å². The van der Waals surface area contributed by atoms with Gasteiger partial charge in [0.1, 0.15) is 0 Å². The van der Waals surface area contributed by atoms with Crippen LogP contribution in [0.15, 0.2) is 11.6 Å². The molecule has 0 radical (unpaired) electrons. The molecule has 0 rings (SSSR count). The molecule has 0 aliphatic heterocycles. The highest BCUT2D eigenvalue weighted by Crippen LogP contribution is 2.12. The maximum absolute atomic E-state index is 2.41. The Kier molecular flexibility index (Phi) is 11.6. The fourth-order valence-electron chi connectivity index (χ4n) is 1.85. The van der Waals surface area contributed by atoms with Crippen LogP contribution in [0.3, 0.4) is 0 Å². The molecule has 0 saturated heterocycles. The standard InChI is InChI=1S/C15H30/c1-4-6-8-9-10-11-12-14-15(3)13-7-5-2/h13H,4-12,14H2,1-3H3. The van der Waals surface area contributed by atoms with E-state index in [0.29, 0.717) is 0 Å². The Morgan fingerprint density at radius 1 is 0.800 bits per heavy atom. The van der Waals surface area contributed by atoms with Crippen LogP contribution in [0.5, 0.6) is 0 Å². The van der Waals surface area contributed by atoms with E-state index >= 15 is 0 Å². The van der Waals surface area contributed by atoms with Gasteiger partial charge in [0, 0.05) is 0 Å². The molecule has 0 fully saturated rings. The number of hydrogen-bond donors (Lipinski definition) is 0. The number of allylic oxidation sites excluding steroid dienone is 2. The molecular formula is C15H30. The molecule has 0 aliphatic rings. The van der Waals surface area contributed by atoms with Gasteiger partial charge in [-0.1, -0.05) is 70.4 Å². The second-order valence-electron chi connectivity index (χ2n) is 4.71. The number of rotatable bonds is 10. The first kappa shape index (κ1) is 14.7. The zero-order chi connectivity index (χ0) is 11.4. The molecule has 90 valence electrons. The van der Waals surface area contributed by atoms with Crippen LogP contribution in [-0.4, -0.2) is 0 Å². The summed E-state index contributed by atoms with van der Waals surface area (Å²) in [7, 11) is 0. The van der Waals surface area contributed by atoms with Gasteiger partial charge in [-0.3, -0.25) is 0 Å². The van der Waals surface area contributed by atoms with Crippen molar-refractivity contribution >= 4 is 0 Å². The average Bonchev–Trinajstić information content (AvgIpc) is 2.25. The predicted molar refractivity (Wildman–Crippen MR) is 71.3 cm³/mol.